The van der Waals surface area contributed by atoms with E-state index in [1.165, 1.54) is 0 Å². The summed E-state index contributed by atoms with van der Waals surface area (Å²) in [6, 6.07) is 0. The molecule has 1 saturated heterocycles. The van der Waals surface area contributed by atoms with Gasteiger partial charge in [-0.25, -0.2) is 0 Å². The van der Waals surface area contributed by atoms with Gasteiger partial charge in [-0.15, -0.1) is 0 Å². The molecule has 3 unspecified atom stereocenters. The molecule has 0 aromatic heterocycles. The van der Waals surface area contributed by atoms with Crippen molar-refractivity contribution in [1.29, 1.82) is 0 Å². The van der Waals surface area contributed by atoms with Crippen LogP contribution < -0.4 is 0 Å². The number of hydrogen-bond donors (Lipinski definition) is 2. The van der Waals surface area contributed by atoms with Gasteiger partial charge in [-0.1, -0.05) is 9.39 Å². The SMILES string of the molecule is OCC1CN(P)CCC1O. The fourth-order valence-electron chi connectivity index (χ4n) is 1.23. The predicted molar refractivity (Wildman–Crippen MR) is 42.5 cm³/mol. The summed E-state index contributed by atoms with van der Waals surface area (Å²) in [5.74, 6) is 0.0475. The van der Waals surface area contributed by atoms with Crippen molar-refractivity contribution in [2.45, 2.75) is 12.5 Å². The van der Waals surface area contributed by atoms with E-state index >= 15 is 0 Å². The van der Waals surface area contributed by atoms with Gasteiger partial charge in [-0.3, -0.25) is 4.67 Å². The fourth-order valence-corrected chi connectivity index (χ4v) is 1.65. The Labute approximate surface area is 63.3 Å². The molecule has 1 aliphatic rings. The number of aliphatic hydroxyl groups excluding tert-OH is 2. The molecule has 0 amide bonds. The summed E-state index contributed by atoms with van der Waals surface area (Å²) in [5.41, 5.74) is 0. The number of rotatable bonds is 1. The van der Waals surface area contributed by atoms with E-state index in [0.717, 1.165) is 19.5 Å². The summed E-state index contributed by atoms with van der Waals surface area (Å²) >= 11 is 0. The highest BCUT2D eigenvalue weighted by Gasteiger charge is 2.24. The molecule has 10 heavy (non-hydrogen) atoms. The van der Waals surface area contributed by atoms with Crippen LogP contribution in [0, 0.1) is 5.92 Å². The Bertz CT molecular complexity index is 112. The van der Waals surface area contributed by atoms with Gasteiger partial charge in [0.25, 0.3) is 0 Å². The summed E-state index contributed by atoms with van der Waals surface area (Å²) in [6.07, 6.45) is 0.469. The maximum atomic E-state index is 9.29. The van der Waals surface area contributed by atoms with E-state index in [9.17, 15) is 5.11 Å². The van der Waals surface area contributed by atoms with E-state index in [-0.39, 0.29) is 18.6 Å². The maximum absolute atomic E-state index is 9.29. The van der Waals surface area contributed by atoms with Crippen LogP contribution in [-0.4, -0.2) is 40.7 Å². The highest BCUT2D eigenvalue weighted by molar-refractivity contribution is 7.13. The molecule has 0 aromatic rings. The lowest BCUT2D eigenvalue weighted by Crippen LogP contribution is -2.40. The van der Waals surface area contributed by atoms with Crippen molar-refractivity contribution in [2.75, 3.05) is 19.7 Å². The molecule has 0 aromatic carbocycles. The van der Waals surface area contributed by atoms with Crippen molar-refractivity contribution in [1.82, 2.24) is 4.67 Å². The zero-order valence-corrected chi connectivity index (χ0v) is 7.06. The first-order valence-corrected chi connectivity index (χ1v) is 4.04. The maximum Gasteiger partial charge on any atom is 0.0615 e. The van der Waals surface area contributed by atoms with Crippen molar-refractivity contribution >= 4 is 9.39 Å². The van der Waals surface area contributed by atoms with E-state index in [2.05, 4.69) is 9.39 Å². The van der Waals surface area contributed by atoms with Gasteiger partial charge < -0.3 is 10.2 Å². The summed E-state index contributed by atoms with van der Waals surface area (Å²) in [5, 5.41) is 18.1. The van der Waals surface area contributed by atoms with Crippen molar-refractivity contribution in [3.63, 3.8) is 0 Å². The molecule has 0 radical (unpaired) electrons. The lowest BCUT2D eigenvalue weighted by molar-refractivity contribution is 0.0252. The minimum atomic E-state index is -0.304. The van der Waals surface area contributed by atoms with Crippen molar-refractivity contribution < 1.29 is 10.2 Å². The monoisotopic (exact) mass is 163 g/mol. The Morgan fingerprint density at radius 1 is 1.60 bits per heavy atom. The summed E-state index contributed by atoms with van der Waals surface area (Å²) < 4.78 is 2.05. The van der Waals surface area contributed by atoms with E-state index < -0.39 is 0 Å². The Morgan fingerprint density at radius 2 is 2.30 bits per heavy atom. The third-order valence-corrected chi connectivity index (χ3v) is 2.43. The number of hydrogen-bond acceptors (Lipinski definition) is 3. The van der Waals surface area contributed by atoms with Crippen molar-refractivity contribution in [3.05, 3.63) is 0 Å². The minimum Gasteiger partial charge on any atom is -0.396 e. The van der Waals surface area contributed by atoms with Crippen LogP contribution in [0.4, 0.5) is 0 Å². The Morgan fingerprint density at radius 3 is 2.80 bits per heavy atom. The first kappa shape index (κ1) is 8.41. The molecule has 1 heterocycles. The minimum absolute atomic E-state index is 0.0475. The number of nitrogens with zero attached hydrogens (tertiary/aromatic N) is 1. The fraction of sp³-hybridized carbons (Fsp3) is 1.00. The molecule has 1 rings (SSSR count). The third kappa shape index (κ3) is 1.89. The van der Waals surface area contributed by atoms with Crippen LogP contribution in [0.25, 0.3) is 0 Å². The van der Waals surface area contributed by atoms with Crippen LogP contribution in [0.1, 0.15) is 6.42 Å². The van der Waals surface area contributed by atoms with Crippen molar-refractivity contribution in [2.24, 2.45) is 5.92 Å². The van der Waals surface area contributed by atoms with Gasteiger partial charge in [-0.05, 0) is 6.42 Å². The van der Waals surface area contributed by atoms with Gasteiger partial charge in [-0.2, -0.15) is 0 Å². The molecule has 0 spiro atoms. The van der Waals surface area contributed by atoms with E-state index in [4.69, 9.17) is 5.11 Å². The molecular formula is C6H14NO2P. The highest BCUT2D eigenvalue weighted by Crippen LogP contribution is 2.18. The smallest absolute Gasteiger partial charge is 0.0615 e. The average Bonchev–Trinajstić information content (AvgIpc) is 1.94. The summed E-state index contributed by atoms with van der Waals surface area (Å²) in [4.78, 5) is 0. The summed E-state index contributed by atoms with van der Waals surface area (Å²) in [7, 11) is 2.59. The van der Waals surface area contributed by atoms with Gasteiger partial charge in [0, 0.05) is 25.6 Å². The molecule has 0 bridgehead atoms. The predicted octanol–water partition coefficient (Wildman–Crippen LogP) is -0.548. The molecule has 0 saturated carbocycles. The standard InChI is InChI=1S/C6H14NO2P/c8-4-5-3-7(10)2-1-6(5)9/h5-6,8-9H,1-4,10H2. The molecule has 0 aliphatic carbocycles. The van der Waals surface area contributed by atoms with Crippen molar-refractivity contribution in [3.8, 4) is 0 Å². The molecule has 3 atom stereocenters. The first-order chi connectivity index (χ1) is 4.74. The number of aliphatic hydroxyl groups is 2. The largest absolute Gasteiger partial charge is 0.396 e. The molecular weight excluding hydrogens is 149 g/mol. The lowest BCUT2D eigenvalue weighted by atomic mass is 9.97. The topological polar surface area (TPSA) is 43.7 Å². The average molecular weight is 163 g/mol. The molecule has 60 valence electrons. The summed E-state index contributed by atoms with van der Waals surface area (Å²) in [6.45, 7) is 1.77. The molecule has 1 aliphatic heterocycles. The van der Waals surface area contributed by atoms with Gasteiger partial charge in [0.05, 0.1) is 6.10 Å². The molecule has 3 nitrogen and oxygen atoms in total. The van der Waals surface area contributed by atoms with Crippen LogP contribution >= 0.6 is 9.39 Å². The van der Waals surface area contributed by atoms with Crippen LogP contribution in [0.5, 0.6) is 0 Å². The molecule has 4 heteroatoms. The van der Waals surface area contributed by atoms with Crippen LogP contribution in [0.3, 0.4) is 0 Å². The normalized spacial score (nSPS) is 36.3. The second-order valence-corrected chi connectivity index (χ2v) is 3.52. The molecule has 1 fully saturated rings. The quantitative estimate of drug-likeness (QED) is 0.510. The third-order valence-electron chi connectivity index (χ3n) is 1.96. The van der Waals surface area contributed by atoms with E-state index in [1.54, 1.807) is 0 Å². The Hall–Kier alpha value is 0.310. The van der Waals surface area contributed by atoms with E-state index in [1.807, 2.05) is 4.67 Å². The Balaban J connectivity index is 2.38. The highest BCUT2D eigenvalue weighted by atomic mass is 31.0. The van der Waals surface area contributed by atoms with Gasteiger partial charge in [0.2, 0.25) is 0 Å². The Kier molecular flexibility index (Phi) is 3.05. The van der Waals surface area contributed by atoms with E-state index in [0.29, 0.717) is 0 Å². The van der Waals surface area contributed by atoms with Crippen LogP contribution in [0.2, 0.25) is 0 Å². The zero-order chi connectivity index (χ0) is 7.56. The lowest BCUT2D eigenvalue weighted by Gasteiger charge is -2.32. The van der Waals surface area contributed by atoms with Crippen LogP contribution in [0.15, 0.2) is 0 Å². The van der Waals surface area contributed by atoms with Gasteiger partial charge in [0.1, 0.15) is 0 Å². The van der Waals surface area contributed by atoms with Gasteiger partial charge in [0.15, 0.2) is 0 Å². The first-order valence-electron chi connectivity index (χ1n) is 3.52. The molecule has 2 N–H and O–H groups in total. The van der Waals surface area contributed by atoms with Gasteiger partial charge >= 0.3 is 0 Å². The zero-order valence-electron chi connectivity index (χ0n) is 5.90. The second-order valence-electron chi connectivity index (χ2n) is 2.79. The van der Waals surface area contributed by atoms with Crippen LogP contribution in [-0.2, 0) is 0 Å². The second kappa shape index (κ2) is 3.63. The number of piperidine rings is 1.